The molecule has 2 N–H and O–H groups in total. The maximum atomic E-state index is 12.2. The van der Waals surface area contributed by atoms with Crippen LogP contribution in [0.25, 0.3) is 0 Å². The van der Waals surface area contributed by atoms with Crippen molar-refractivity contribution < 1.29 is 9.59 Å². The van der Waals surface area contributed by atoms with Crippen molar-refractivity contribution in [3.05, 3.63) is 72.3 Å². The molecule has 124 valence electrons. The van der Waals surface area contributed by atoms with Crippen LogP contribution in [-0.2, 0) is 4.79 Å². The fourth-order valence-corrected chi connectivity index (χ4v) is 2.93. The summed E-state index contributed by atoms with van der Waals surface area (Å²) in [6.07, 6.45) is 1.61. The van der Waals surface area contributed by atoms with Gasteiger partial charge in [-0.05, 0) is 30.7 Å². The first kappa shape index (κ1) is 17.8. The molecule has 0 aliphatic rings. The van der Waals surface area contributed by atoms with Crippen LogP contribution in [0.1, 0.15) is 15.9 Å². The first-order valence-electron chi connectivity index (χ1n) is 7.58. The van der Waals surface area contributed by atoms with Gasteiger partial charge < -0.3 is 10.6 Å². The average molecular weight is 340 g/mol. The van der Waals surface area contributed by atoms with Crippen molar-refractivity contribution in [1.82, 2.24) is 5.32 Å². The Labute approximate surface area is 146 Å². The van der Waals surface area contributed by atoms with Crippen LogP contribution < -0.4 is 10.6 Å². The first-order chi connectivity index (χ1) is 11.6. The van der Waals surface area contributed by atoms with E-state index in [0.717, 1.165) is 10.5 Å². The quantitative estimate of drug-likeness (QED) is 0.597. The molecule has 24 heavy (non-hydrogen) atoms. The molecule has 4 nitrogen and oxygen atoms in total. The van der Waals surface area contributed by atoms with Crippen molar-refractivity contribution in [2.45, 2.75) is 11.8 Å². The Morgan fingerprint density at radius 3 is 2.58 bits per heavy atom. The predicted octanol–water partition coefficient (Wildman–Crippen LogP) is 3.64. The molecule has 2 amide bonds. The summed E-state index contributed by atoms with van der Waals surface area (Å²) < 4.78 is 0. The fraction of sp³-hybridized carbons (Fsp3) is 0.158. The van der Waals surface area contributed by atoms with E-state index in [-0.39, 0.29) is 17.6 Å². The summed E-state index contributed by atoms with van der Waals surface area (Å²) in [6, 6.07) is 14.9. The second-order valence-corrected chi connectivity index (χ2v) is 6.16. The van der Waals surface area contributed by atoms with E-state index in [1.165, 1.54) is 11.8 Å². The molecule has 0 aliphatic heterocycles. The molecule has 0 heterocycles. The topological polar surface area (TPSA) is 58.2 Å². The number of aryl methyl sites for hydroxylation is 1. The van der Waals surface area contributed by atoms with Crippen LogP contribution in [-0.4, -0.2) is 24.1 Å². The Morgan fingerprint density at radius 2 is 1.83 bits per heavy atom. The number of rotatable bonds is 7. The Morgan fingerprint density at radius 1 is 1.12 bits per heavy atom. The van der Waals surface area contributed by atoms with Crippen molar-refractivity contribution in [3.8, 4) is 0 Å². The minimum atomic E-state index is -0.239. The molecule has 0 spiro atoms. The van der Waals surface area contributed by atoms with Gasteiger partial charge in [0.25, 0.3) is 5.91 Å². The molecule has 2 rings (SSSR count). The van der Waals surface area contributed by atoms with Gasteiger partial charge in [-0.25, -0.2) is 0 Å². The maximum absolute atomic E-state index is 12.2. The number of anilines is 1. The van der Waals surface area contributed by atoms with E-state index >= 15 is 0 Å². The Bertz CT molecular complexity index is 744. The van der Waals surface area contributed by atoms with E-state index in [1.807, 2.05) is 31.2 Å². The van der Waals surface area contributed by atoms with Crippen molar-refractivity contribution in [1.29, 1.82) is 0 Å². The molecule has 0 aromatic heterocycles. The molecule has 2 aromatic carbocycles. The fourth-order valence-electron chi connectivity index (χ4n) is 2.10. The number of hydrogen-bond acceptors (Lipinski definition) is 3. The van der Waals surface area contributed by atoms with Crippen molar-refractivity contribution in [2.75, 3.05) is 17.6 Å². The smallest absolute Gasteiger partial charge is 0.253 e. The number of hydrogen-bond donors (Lipinski definition) is 2. The van der Waals surface area contributed by atoms with E-state index in [1.54, 1.807) is 30.3 Å². The highest BCUT2D eigenvalue weighted by Crippen LogP contribution is 2.22. The third-order valence-corrected chi connectivity index (χ3v) is 4.48. The Kier molecular flexibility index (Phi) is 6.63. The molecule has 0 radical (unpaired) electrons. The summed E-state index contributed by atoms with van der Waals surface area (Å²) in [5, 5.41) is 5.53. The summed E-state index contributed by atoms with van der Waals surface area (Å²) in [6.45, 7) is 5.96. The van der Waals surface area contributed by atoms with Gasteiger partial charge in [0.15, 0.2) is 0 Å². The Balaban J connectivity index is 2.00. The third kappa shape index (κ3) is 4.99. The third-order valence-electron chi connectivity index (χ3n) is 3.31. The maximum Gasteiger partial charge on any atom is 0.253 e. The van der Waals surface area contributed by atoms with Crippen LogP contribution in [0.3, 0.4) is 0 Å². The van der Waals surface area contributed by atoms with Gasteiger partial charge in [-0.15, -0.1) is 18.3 Å². The number of amides is 2. The van der Waals surface area contributed by atoms with Gasteiger partial charge in [-0.3, -0.25) is 9.59 Å². The van der Waals surface area contributed by atoms with Gasteiger partial charge in [0, 0.05) is 11.4 Å². The lowest BCUT2D eigenvalue weighted by Gasteiger charge is -2.11. The van der Waals surface area contributed by atoms with E-state index in [2.05, 4.69) is 17.2 Å². The van der Waals surface area contributed by atoms with Crippen LogP contribution in [0.4, 0.5) is 5.69 Å². The number of para-hydroxylation sites is 1. The average Bonchev–Trinajstić information content (AvgIpc) is 2.59. The standard InChI is InChI=1S/C19H20N2O2S/c1-3-12-20-19(23)15-9-5-6-10-16(15)21-18(22)13-24-17-11-7-4-8-14(17)2/h3-11H,1,12-13H2,2H3,(H,20,23)(H,21,22). The molecular weight excluding hydrogens is 320 g/mol. The predicted molar refractivity (Wildman–Crippen MR) is 99.5 cm³/mol. The van der Waals surface area contributed by atoms with Crippen LogP contribution >= 0.6 is 11.8 Å². The lowest BCUT2D eigenvalue weighted by Crippen LogP contribution is -2.25. The molecule has 0 unspecified atom stereocenters. The largest absolute Gasteiger partial charge is 0.349 e. The summed E-state index contributed by atoms with van der Waals surface area (Å²) in [7, 11) is 0. The SMILES string of the molecule is C=CCNC(=O)c1ccccc1NC(=O)CSc1ccccc1C. The first-order valence-corrected chi connectivity index (χ1v) is 8.56. The zero-order chi connectivity index (χ0) is 17.4. The normalized spacial score (nSPS) is 10.0. The number of benzene rings is 2. The molecule has 0 saturated heterocycles. The highest BCUT2D eigenvalue weighted by molar-refractivity contribution is 8.00. The minimum Gasteiger partial charge on any atom is -0.349 e. The molecule has 5 heteroatoms. The zero-order valence-electron chi connectivity index (χ0n) is 13.5. The van der Waals surface area contributed by atoms with Crippen LogP contribution in [0.15, 0.2) is 66.1 Å². The highest BCUT2D eigenvalue weighted by atomic mass is 32.2. The van der Waals surface area contributed by atoms with E-state index in [0.29, 0.717) is 17.8 Å². The van der Waals surface area contributed by atoms with Gasteiger partial charge in [0.05, 0.1) is 17.0 Å². The number of carbonyl (C=O) groups is 2. The molecule has 0 bridgehead atoms. The Hall–Kier alpha value is -2.53. The van der Waals surface area contributed by atoms with E-state index in [4.69, 9.17) is 0 Å². The summed E-state index contributed by atoms with van der Waals surface area (Å²) >= 11 is 1.48. The van der Waals surface area contributed by atoms with Crippen molar-refractivity contribution >= 4 is 29.3 Å². The van der Waals surface area contributed by atoms with Crippen molar-refractivity contribution in [3.63, 3.8) is 0 Å². The highest BCUT2D eigenvalue weighted by Gasteiger charge is 2.12. The minimum absolute atomic E-state index is 0.146. The van der Waals surface area contributed by atoms with Gasteiger partial charge >= 0.3 is 0 Å². The zero-order valence-corrected chi connectivity index (χ0v) is 14.4. The summed E-state index contributed by atoms with van der Waals surface area (Å²) in [5.41, 5.74) is 2.09. The van der Waals surface area contributed by atoms with Gasteiger partial charge in [-0.2, -0.15) is 0 Å². The van der Waals surface area contributed by atoms with Gasteiger partial charge in [0.2, 0.25) is 5.91 Å². The molecule has 2 aromatic rings. The van der Waals surface area contributed by atoms with Crippen LogP contribution in [0.2, 0.25) is 0 Å². The molecule has 0 fully saturated rings. The monoisotopic (exact) mass is 340 g/mol. The molecule has 0 aliphatic carbocycles. The lowest BCUT2D eigenvalue weighted by molar-refractivity contribution is -0.113. The van der Waals surface area contributed by atoms with Crippen LogP contribution in [0.5, 0.6) is 0 Å². The molecule has 0 atom stereocenters. The second kappa shape index (κ2) is 8.93. The lowest BCUT2D eigenvalue weighted by atomic mass is 10.1. The van der Waals surface area contributed by atoms with Gasteiger partial charge in [-0.1, -0.05) is 36.4 Å². The van der Waals surface area contributed by atoms with E-state index in [9.17, 15) is 9.59 Å². The molecule has 0 saturated carbocycles. The number of nitrogens with one attached hydrogen (secondary N) is 2. The van der Waals surface area contributed by atoms with Crippen LogP contribution in [0, 0.1) is 6.92 Å². The van der Waals surface area contributed by atoms with Gasteiger partial charge in [0.1, 0.15) is 0 Å². The number of thioether (sulfide) groups is 1. The number of carbonyl (C=O) groups excluding carboxylic acids is 2. The summed E-state index contributed by atoms with van der Waals surface area (Å²) in [5.74, 6) is -0.0995. The summed E-state index contributed by atoms with van der Waals surface area (Å²) in [4.78, 5) is 25.4. The van der Waals surface area contributed by atoms with Crippen molar-refractivity contribution in [2.24, 2.45) is 0 Å². The second-order valence-electron chi connectivity index (χ2n) is 5.15. The molecular formula is C19H20N2O2S. The van der Waals surface area contributed by atoms with E-state index < -0.39 is 0 Å².